The Kier molecular flexibility index (Phi) is 7.46. The van der Waals surface area contributed by atoms with E-state index in [9.17, 15) is 14.7 Å². The number of carbonyl (C=O) groups is 2. The Balaban J connectivity index is 1.59. The summed E-state index contributed by atoms with van der Waals surface area (Å²) < 4.78 is 0. The summed E-state index contributed by atoms with van der Waals surface area (Å²) in [5, 5.41) is 17.4. The molecule has 2 aromatic rings. The third-order valence-electron chi connectivity index (χ3n) is 6.11. The van der Waals surface area contributed by atoms with Gasteiger partial charge in [0.1, 0.15) is 11.9 Å². The third-order valence-corrected chi connectivity index (χ3v) is 6.11. The minimum absolute atomic E-state index is 0.221. The predicted octanol–water partition coefficient (Wildman–Crippen LogP) is 1.56. The SMILES string of the molecule is CC(O)C(NC(=O)CN1[C@H](C)CCC[C@@H]1C)C(=O)NCc1ccc2c(N)nccc2c1. The van der Waals surface area contributed by atoms with Crippen LogP contribution < -0.4 is 16.4 Å². The first-order valence-corrected chi connectivity index (χ1v) is 10.9. The number of piperidine rings is 1. The molecule has 1 aromatic carbocycles. The minimum Gasteiger partial charge on any atom is -0.391 e. The van der Waals surface area contributed by atoms with Gasteiger partial charge in [-0.15, -0.1) is 0 Å². The molecule has 0 aliphatic carbocycles. The van der Waals surface area contributed by atoms with E-state index in [0.29, 0.717) is 17.9 Å². The zero-order chi connectivity index (χ0) is 22.5. The number of nitrogens with zero attached hydrogens (tertiary/aromatic N) is 2. The van der Waals surface area contributed by atoms with Crippen molar-refractivity contribution in [3.63, 3.8) is 0 Å². The number of aliphatic hydroxyl groups is 1. The van der Waals surface area contributed by atoms with Crippen LogP contribution in [0.25, 0.3) is 10.8 Å². The number of fused-ring (bicyclic) bond motifs is 1. The summed E-state index contributed by atoms with van der Waals surface area (Å²) in [6, 6.07) is 7.17. The average Bonchev–Trinajstić information content (AvgIpc) is 2.73. The number of pyridine rings is 1. The van der Waals surface area contributed by atoms with Gasteiger partial charge in [-0.1, -0.05) is 18.6 Å². The molecule has 1 aliphatic rings. The van der Waals surface area contributed by atoms with Crippen LogP contribution in [0.4, 0.5) is 5.82 Å². The highest BCUT2D eigenvalue weighted by atomic mass is 16.3. The molecule has 3 rings (SSSR count). The van der Waals surface area contributed by atoms with Gasteiger partial charge in [-0.25, -0.2) is 4.98 Å². The Hall–Kier alpha value is -2.71. The number of carbonyl (C=O) groups excluding carboxylic acids is 2. The number of aromatic nitrogens is 1. The zero-order valence-electron chi connectivity index (χ0n) is 18.5. The highest BCUT2D eigenvalue weighted by Gasteiger charge is 2.30. The second-order valence-corrected chi connectivity index (χ2v) is 8.56. The Morgan fingerprint density at radius 3 is 2.65 bits per heavy atom. The summed E-state index contributed by atoms with van der Waals surface area (Å²) in [7, 11) is 0. The summed E-state index contributed by atoms with van der Waals surface area (Å²) in [5.41, 5.74) is 6.77. The monoisotopic (exact) mass is 427 g/mol. The van der Waals surface area contributed by atoms with Gasteiger partial charge < -0.3 is 21.5 Å². The standard InChI is InChI=1S/C23H33N5O3/c1-14-5-4-6-15(2)28(14)13-20(30)27-21(16(3)29)23(31)26-12-17-7-8-19-18(11-17)9-10-25-22(19)24/h7-11,14-16,21,29H,4-6,12-13H2,1-3H3,(H2,24,25)(H,26,31)(H,27,30)/t14-,15+,16?,21?. The lowest BCUT2D eigenvalue weighted by Crippen LogP contribution is -2.56. The van der Waals surface area contributed by atoms with Gasteiger partial charge in [-0.2, -0.15) is 0 Å². The number of amides is 2. The molecule has 2 heterocycles. The summed E-state index contributed by atoms with van der Waals surface area (Å²) in [4.78, 5) is 31.5. The van der Waals surface area contributed by atoms with Gasteiger partial charge in [0.25, 0.3) is 0 Å². The fourth-order valence-electron chi connectivity index (χ4n) is 4.24. The Morgan fingerprint density at radius 2 is 1.97 bits per heavy atom. The second kappa shape index (κ2) is 10.1. The molecule has 0 saturated carbocycles. The first-order chi connectivity index (χ1) is 14.8. The average molecular weight is 428 g/mol. The van der Waals surface area contributed by atoms with Gasteiger partial charge in [0.05, 0.1) is 12.6 Å². The number of nitrogen functional groups attached to an aromatic ring is 1. The largest absolute Gasteiger partial charge is 0.391 e. The summed E-state index contributed by atoms with van der Waals surface area (Å²) in [5.74, 6) is -0.213. The molecule has 31 heavy (non-hydrogen) atoms. The van der Waals surface area contributed by atoms with E-state index in [-0.39, 0.29) is 19.0 Å². The molecule has 2 unspecified atom stereocenters. The lowest BCUT2D eigenvalue weighted by atomic mass is 9.97. The zero-order valence-corrected chi connectivity index (χ0v) is 18.5. The molecule has 0 radical (unpaired) electrons. The number of nitrogens with two attached hydrogens (primary N) is 1. The molecule has 1 aliphatic heterocycles. The maximum absolute atomic E-state index is 12.7. The summed E-state index contributed by atoms with van der Waals surface area (Å²) >= 11 is 0. The molecule has 2 amide bonds. The number of likely N-dealkylation sites (tertiary alicyclic amines) is 1. The minimum atomic E-state index is -1.01. The van der Waals surface area contributed by atoms with Crippen LogP contribution in [0.3, 0.4) is 0 Å². The van der Waals surface area contributed by atoms with Crippen molar-refractivity contribution < 1.29 is 14.7 Å². The molecule has 1 aromatic heterocycles. The topological polar surface area (TPSA) is 121 Å². The highest BCUT2D eigenvalue weighted by molar-refractivity contribution is 5.91. The van der Waals surface area contributed by atoms with E-state index in [0.717, 1.165) is 35.6 Å². The van der Waals surface area contributed by atoms with Crippen LogP contribution in [0.15, 0.2) is 30.5 Å². The van der Waals surface area contributed by atoms with Gasteiger partial charge in [-0.05, 0) is 56.7 Å². The van der Waals surface area contributed by atoms with Crippen LogP contribution >= 0.6 is 0 Å². The van der Waals surface area contributed by atoms with Crippen LogP contribution in [0, 0.1) is 0 Å². The molecule has 1 saturated heterocycles. The normalized spacial score (nSPS) is 21.4. The first kappa shape index (κ1) is 23.0. The molecule has 168 valence electrons. The van der Waals surface area contributed by atoms with E-state index in [4.69, 9.17) is 5.73 Å². The number of nitrogens with one attached hydrogen (secondary N) is 2. The molecular formula is C23H33N5O3. The number of anilines is 1. The van der Waals surface area contributed by atoms with E-state index < -0.39 is 18.1 Å². The number of hydrogen-bond acceptors (Lipinski definition) is 6. The van der Waals surface area contributed by atoms with E-state index in [2.05, 4.69) is 34.4 Å². The van der Waals surface area contributed by atoms with E-state index in [1.807, 2.05) is 24.3 Å². The first-order valence-electron chi connectivity index (χ1n) is 10.9. The van der Waals surface area contributed by atoms with Crippen molar-refractivity contribution in [1.82, 2.24) is 20.5 Å². The van der Waals surface area contributed by atoms with Crippen molar-refractivity contribution in [3.8, 4) is 0 Å². The van der Waals surface area contributed by atoms with Gasteiger partial charge in [-0.3, -0.25) is 14.5 Å². The fourth-order valence-corrected chi connectivity index (χ4v) is 4.24. The van der Waals surface area contributed by atoms with E-state index in [1.165, 1.54) is 6.92 Å². The van der Waals surface area contributed by atoms with Crippen LogP contribution in [0.5, 0.6) is 0 Å². The smallest absolute Gasteiger partial charge is 0.245 e. The van der Waals surface area contributed by atoms with Gasteiger partial charge in [0.15, 0.2) is 0 Å². The van der Waals surface area contributed by atoms with Crippen LogP contribution in [0.1, 0.15) is 45.6 Å². The molecule has 5 N–H and O–H groups in total. The van der Waals surface area contributed by atoms with E-state index >= 15 is 0 Å². The van der Waals surface area contributed by atoms with Crippen LogP contribution in [-0.2, 0) is 16.1 Å². The number of aliphatic hydroxyl groups excluding tert-OH is 1. The molecular weight excluding hydrogens is 394 g/mol. The fraction of sp³-hybridized carbons (Fsp3) is 0.522. The van der Waals surface area contributed by atoms with Crippen LogP contribution in [0.2, 0.25) is 0 Å². The highest BCUT2D eigenvalue weighted by Crippen LogP contribution is 2.22. The number of benzene rings is 1. The molecule has 8 heteroatoms. The molecule has 8 nitrogen and oxygen atoms in total. The molecule has 1 fully saturated rings. The Bertz CT molecular complexity index is 923. The lowest BCUT2D eigenvalue weighted by molar-refractivity contribution is -0.132. The van der Waals surface area contributed by atoms with Gasteiger partial charge >= 0.3 is 0 Å². The lowest BCUT2D eigenvalue weighted by Gasteiger charge is -2.38. The Labute approximate surface area is 183 Å². The second-order valence-electron chi connectivity index (χ2n) is 8.56. The van der Waals surface area contributed by atoms with Gasteiger partial charge in [0.2, 0.25) is 11.8 Å². The quantitative estimate of drug-likeness (QED) is 0.532. The Morgan fingerprint density at radius 1 is 1.26 bits per heavy atom. The molecule has 0 spiro atoms. The van der Waals surface area contributed by atoms with Gasteiger partial charge in [0, 0.05) is 30.2 Å². The van der Waals surface area contributed by atoms with Crippen molar-refractivity contribution in [2.24, 2.45) is 0 Å². The van der Waals surface area contributed by atoms with Crippen LogP contribution in [-0.4, -0.2) is 57.6 Å². The maximum Gasteiger partial charge on any atom is 0.245 e. The molecule has 4 atom stereocenters. The summed E-state index contributed by atoms with van der Waals surface area (Å²) in [6.45, 7) is 6.24. The van der Waals surface area contributed by atoms with Crippen molar-refractivity contribution in [3.05, 3.63) is 36.0 Å². The maximum atomic E-state index is 12.7. The van der Waals surface area contributed by atoms with Crippen molar-refractivity contribution >= 4 is 28.4 Å². The number of hydrogen-bond donors (Lipinski definition) is 4. The molecule has 0 bridgehead atoms. The van der Waals surface area contributed by atoms with Crippen molar-refractivity contribution in [2.75, 3.05) is 12.3 Å². The summed E-state index contributed by atoms with van der Waals surface area (Å²) in [6.07, 6.45) is 3.92. The van der Waals surface area contributed by atoms with E-state index in [1.54, 1.807) is 6.20 Å². The third kappa shape index (κ3) is 5.71. The number of rotatable bonds is 7. The van der Waals surface area contributed by atoms with Crippen molar-refractivity contribution in [1.29, 1.82) is 0 Å². The van der Waals surface area contributed by atoms with Crippen molar-refractivity contribution in [2.45, 2.75) is 70.8 Å². The predicted molar refractivity (Wildman–Crippen MR) is 121 cm³/mol.